The van der Waals surface area contributed by atoms with Crippen LogP contribution in [0.5, 0.6) is 0 Å². The van der Waals surface area contributed by atoms with Crippen molar-refractivity contribution in [2.24, 2.45) is 0 Å². The molecule has 0 saturated heterocycles. The van der Waals surface area contributed by atoms with Crippen molar-refractivity contribution < 1.29 is 14.3 Å². The first kappa shape index (κ1) is 12.3. The summed E-state index contributed by atoms with van der Waals surface area (Å²) < 4.78 is 4.30. The van der Waals surface area contributed by atoms with Crippen molar-refractivity contribution in [1.29, 1.82) is 0 Å². The quantitative estimate of drug-likeness (QED) is 0.663. The van der Waals surface area contributed by atoms with Crippen LogP contribution in [-0.4, -0.2) is 24.0 Å². The monoisotopic (exact) mass is 262 g/mol. The highest BCUT2D eigenvalue weighted by atomic mass is 32.1. The maximum Gasteiger partial charge on any atom is 0.396 e. The van der Waals surface area contributed by atoms with E-state index in [2.05, 4.69) is 15.0 Å². The van der Waals surface area contributed by atoms with Gasteiger partial charge in [-0.2, -0.15) is 0 Å². The molecule has 0 radical (unpaired) electrons. The highest BCUT2D eigenvalue weighted by Crippen LogP contribution is 2.24. The third-order valence-electron chi connectivity index (χ3n) is 2.16. The van der Waals surface area contributed by atoms with Crippen LogP contribution in [-0.2, 0) is 14.3 Å². The molecule has 2 rings (SSSR count). The van der Waals surface area contributed by atoms with Gasteiger partial charge >= 0.3 is 11.9 Å². The number of amides is 1. The second-order valence-electron chi connectivity index (χ2n) is 3.35. The van der Waals surface area contributed by atoms with Crippen LogP contribution in [0.4, 0.5) is 5.13 Å². The molecule has 0 fully saturated rings. The first-order chi connectivity index (χ1) is 8.70. The second kappa shape index (κ2) is 5.42. The summed E-state index contributed by atoms with van der Waals surface area (Å²) in [7, 11) is 1.15. The molecule has 0 aliphatic rings. The van der Waals surface area contributed by atoms with E-state index < -0.39 is 11.9 Å². The summed E-state index contributed by atoms with van der Waals surface area (Å²) in [5.74, 6) is -1.77. The van der Waals surface area contributed by atoms with Crippen LogP contribution in [0.25, 0.3) is 11.3 Å². The SMILES string of the molecule is COC(=O)C(=O)Nc1nc(-c2ccccc2)cs1. The van der Waals surface area contributed by atoms with Gasteiger partial charge in [0.25, 0.3) is 0 Å². The first-order valence-electron chi connectivity index (χ1n) is 5.11. The lowest BCUT2D eigenvalue weighted by atomic mass is 10.2. The summed E-state index contributed by atoms with van der Waals surface area (Å²) in [6.07, 6.45) is 0. The van der Waals surface area contributed by atoms with E-state index in [1.165, 1.54) is 11.3 Å². The fourth-order valence-corrected chi connectivity index (χ4v) is 2.03. The molecular weight excluding hydrogens is 252 g/mol. The number of ether oxygens (including phenoxy) is 1. The zero-order chi connectivity index (χ0) is 13.0. The summed E-state index contributed by atoms with van der Waals surface area (Å²) in [6.45, 7) is 0. The van der Waals surface area contributed by atoms with Gasteiger partial charge in [-0.25, -0.2) is 9.78 Å². The number of esters is 1. The van der Waals surface area contributed by atoms with Crippen molar-refractivity contribution >= 4 is 28.3 Å². The lowest BCUT2D eigenvalue weighted by Gasteiger charge is -1.98. The third-order valence-corrected chi connectivity index (χ3v) is 2.92. The fourth-order valence-electron chi connectivity index (χ4n) is 1.31. The number of thiazole rings is 1. The van der Waals surface area contributed by atoms with Crippen molar-refractivity contribution in [2.75, 3.05) is 12.4 Å². The lowest BCUT2D eigenvalue weighted by Crippen LogP contribution is -2.23. The highest BCUT2D eigenvalue weighted by Gasteiger charge is 2.15. The molecule has 1 aromatic heterocycles. The number of aromatic nitrogens is 1. The maximum atomic E-state index is 11.3. The molecule has 0 saturated carbocycles. The van der Waals surface area contributed by atoms with Gasteiger partial charge in [0.05, 0.1) is 12.8 Å². The normalized spacial score (nSPS) is 9.83. The van der Waals surface area contributed by atoms with Crippen molar-refractivity contribution in [2.45, 2.75) is 0 Å². The number of nitrogens with zero attached hydrogens (tertiary/aromatic N) is 1. The van der Waals surface area contributed by atoms with E-state index in [1.54, 1.807) is 0 Å². The van der Waals surface area contributed by atoms with Crippen LogP contribution in [0.2, 0.25) is 0 Å². The van der Waals surface area contributed by atoms with E-state index >= 15 is 0 Å². The van der Waals surface area contributed by atoms with Crippen molar-refractivity contribution in [3.05, 3.63) is 35.7 Å². The summed E-state index contributed by atoms with van der Waals surface area (Å²) in [5, 5.41) is 4.55. The molecule has 0 unspecified atom stereocenters. The number of benzene rings is 1. The van der Waals surface area contributed by atoms with E-state index in [1.807, 2.05) is 35.7 Å². The van der Waals surface area contributed by atoms with Gasteiger partial charge in [0, 0.05) is 10.9 Å². The fraction of sp³-hybridized carbons (Fsp3) is 0.0833. The molecular formula is C12H10N2O3S. The third kappa shape index (κ3) is 2.72. The molecule has 0 aliphatic carbocycles. The topological polar surface area (TPSA) is 68.3 Å². The molecule has 18 heavy (non-hydrogen) atoms. The highest BCUT2D eigenvalue weighted by molar-refractivity contribution is 7.14. The van der Waals surface area contributed by atoms with Crippen molar-refractivity contribution in [3.8, 4) is 11.3 Å². The predicted molar refractivity (Wildman–Crippen MR) is 68.2 cm³/mol. The molecule has 6 heteroatoms. The molecule has 1 heterocycles. The van der Waals surface area contributed by atoms with E-state index in [0.29, 0.717) is 5.13 Å². The van der Waals surface area contributed by atoms with Gasteiger partial charge in [0.2, 0.25) is 0 Å². The number of carbonyl (C=O) groups excluding carboxylic acids is 2. The Kier molecular flexibility index (Phi) is 3.69. The maximum absolute atomic E-state index is 11.3. The smallest absolute Gasteiger partial charge is 0.396 e. The Bertz CT molecular complexity index is 566. The van der Waals surface area contributed by atoms with Gasteiger partial charge in [0.1, 0.15) is 0 Å². The largest absolute Gasteiger partial charge is 0.462 e. The summed E-state index contributed by atoms with van der Waals surface area (Å²) >= 11 is 1.25. The Balaban J connectivity index is 2.12. The molecule has 0 atom stereocenters. The Labute approximate surface area is 107 Å². The Hall–Kier alpha value is -2.21. The molecule has 2 aromatic rings. The Morgan fingerprint density at radius 1 is 1.28 bits per heavy atom. The molecule has 0 spiro atoms. The van der Waals surface area contributed by atoms with E-state index in [9.17, 15) is 9.59 Å². The molecule has 1 amide bonds. The van der Waals surface area contributed by atoms with Gasteiger partial charge in [0.15, 0.2) is 5.13 Å². The molecule has 92 valence electrons. The summed E-state index contributed by atoms with van der Waals surface area (Å²) in [5.41, 5.74) is 1.70. The van der Waals surface area contributed by atoms with Gasteiger partial charge in [-0.05, 0) is 0 Å². The first-order valence-corrected chi connectivity index (χ1v) is 5.99. The summed E-state index contributed by atoms with van der Waals surface area (Å²) in [4.78, 5) is 26.4. The Morgan fingerprint density at radius 3 is 2.67 bits per heavy atom. The van der Waals surface area contributed by atoms with Gasteiger partial charge in [-0.1, -0.05) is 30.3 Å². The molecule has 1 aromatic carbocycles. The van der Waals surface area contributed by atoms with E-state index in [4.69, 9.17) is 0 Å². The second-order valence-corrected chi connectivity index (χ2v) is 4.21. The summed E-state index contributed by atoms with van der Waals surface area (Å²) in [6, 6.07) is 9.56. The van der Waals surface area contributed by atoms with E-state index in [0.717, 1.165) is 18.4 Å². The van der Waals surface area contributed by atoms with E-state index in [-0.39, 0.29) is 0 Å². The number of anilines is 1. The molecule has 0 bridgehead atoms. The number of nitrogens with one attached hydrogen (secondary N) is 1. The standard InChI is InChI=1S/C12H10N2O3S/c1-17-11(16)10(15)14-12-13-9(7-18-12)8-5-3-2-4-6-8/h2-7H,1H3,(H,13,14,15). The average molecular weight is 262 g/mol. The van der Waals surface area contributed by atoms with Gasteiger partial charge < -0.3 is 4.74 Å². The van der Waals surface area contributed by atoms with Crippen molar-refractivity contribution in [3.63, 3.8) is 0 Å². The number of hydrogen-bond acceptors (Lipinski definition) is 5. The number of rotatable bonds is 2. The predicted octanol–water partition coefficient (Wildman–Crippen LogP) is 1.92. The van der Waals surface area contributed by atoms with Crippen LogP contribution in [0.3, 0.4) is 0 Å². The number of carbonyl (C=O) groups is 2. The zero-order valence-corrected chi connectivity index (χ0v) is 10.4. The number of hydrogen-bond donors (Lipinski definition) is 1. The lowest BCUT2D eigenvalue weighted by molar-refractivity contribution is -0.150. The average Bonchev–Trinajstić information content (AvgIpc) is 2.87. The van der Waals surface area contributed by atoms with Gasteiger partial charge in [-0.15, -0.1) is 11.3 Å². The van der Waals surface area contributed by atoms with Crippen molar-refractivity contribution in [1.82, 2.24) is 4.98 Å². The van der Waals surface area contributed by atoms with Gasteiger partial charge in [-0.3, -0.25) is 10.1 Å². The van der Waals surface area contributed by atoms with Crippen LogP contribution < -0.4 is 5.32 Å². The Morgan fingerprint density at radius 2 is 2.00 bits per heavy atom. The van der Waals surface area contributed by atoms with Crippen LogP contribution >= 0.6 is 11.3 Å². The minimum atomic E-state index is -0.938. The minimum absolute atomic E-state index is 0.365. The molecule has 1 N–H and O–H groups in total. The van der Waals surface area contributed by atoms with Crippen LogP contribution in [0, 0.1) is 0 Å². The zero-order valence-electron chi connectivity index (χ0n) is 9.54. The minimum Gasteiger partial charge on any atom is -0.462 e. The van der Waals surface area contributed by atoms with Crippen LogP contribution in [0.15, 0.2) is 35.7 Å². The number of methoxy groups -OCH3 is 1. The molecule has 0 aliphatic heterocycles. The van der Waals surface area contributed by atoms with Crippen LogP contribution in [0.1, 0.15) is 0 Å². The molecule has 5 nitrogen and oxygen atoms in total.